The number of ether oxygens (including phenoxy) is 1. The Labute approximate surface area is 150 Å². The number of fused-ring (bicyclic) bond motifs is 1. The van der Waals surface area contributed by atoms with Crippen molar-refractivity contribution < 1.29 is 9.53 Å². The number of carbonyl (C=O) groups excluding carboxylic acids is 1. The number of aromatic nitrogens is 2. The number of hydrogen-bond acceptors (Lipinski definition) is 6. The Morgan fingerprint density at radius 3 is 2.21 bits per heavy atom. The molecule has 0 aliphatic carbocycles. The van der Waals surface area contributed by atoms with Crippen LogP contribution in [0, 0.1) is 6.92 Å². The molecule has 2 aromatic heterocycles. The van der Waals surface area contributed by atoms with Gasteiger partial charge in [0.2, 0.25) is 0 Å². The lowest BCUT2D eigenvalue weighted by molar-refractivity contribution is 0.112. The number of hydrogen-bond donors (Lipinski definition) is 0. The molecule has 3 heterocycles. The molecule has 1 fully saturated rings. The number of thiophene rings is 1. The van der Waals surface area contributed by atoms with E-state index in [-0.39, 0.29) is 0 Å². The fourth-order valence-corrected chi connectivity index (χ4v) is 3.02. The normalized spacial score (nSPS) is 12.9. The van der Waals surface area contributed by atoms with Crippen molar-refractivity contribution in [2.45, 2.75) is 48.5 Å². The second kappa shape index (κ2) is 12.8. The van der Waals surface area contributed by atoms with Crippen LogP contribution >= 0.6 is 11.3 Å². The van der Waals surface area contributed by atoms with Gasteiger partial charge in [0.25, 0.3) is 0 Å². The summed E-state index contributed by atoms with van der Waals surface area (Å²) in [4.78, 5) is 22.7. The summed E-state index contributed by atoms with van der Waals surface area (Å²) >= 11 is 1.45. The maximum atomic E-state index is 10.9. The van der Waals surface area contributed by atoms with Gasteiger partial charge in [-0.25, -0.2) is 9.97 Å². The molecule has 6 heteroatoms. The molecule has 0 spiro atoms. The number of anilines is 1. The molecule has 0 atom stereocenters. The first kappa shape index (κ1) is 22.5. The maximum Gasteiger partial charge on any atom is 0.160 e. The molecule has 0 radical (unpaired) electrons. The van der Waals surface area contributed by atoms with E-state index in [0.717, 1.165) is 54.4 Å². The Bertz CT molecular complexity index is 593. The minimum absolute atomic E-state index is 0.694. The summed E-state index contributed by atoms with van der Waals surface area (Å²) in [7, 11) is 0. The van der Waals surface area contributed by atoms with E-state index in [9.17, 15) is 4.79 Å². The van der Waals surface area contributed by atoms with Crippen molar-refractivity contribution in [3.05, 3.63) is 16.8 Å². The van der Waals surface area contributed by atoms with Gasteiger partial charge in [-0.1, -0.05) is 41.5 Å². The molecule has 3 rings (SSSR count). The van der Waals surface area contributed by atoms with E-state index in [1.54, 1.807) is 0 Å². The first-order valence-corrected chi connectivity index (χ1v) is 9.65. The third-order valence-electron chi connectivity index (χ3n) is 2.91. The molecule has 0 N–H and O–H groups in total. The molecule has 2 aromatic rings. The van der Waals surface area contributed by atoms with Crippen molar-refractivity contribution in [2.75, 3.05) is 31.2 Å². The third-order valence-corrected chi connectivity index (χ3v) is 3.96. The van der Waals surface area contributed by atoms with Crippen LogP contribution in [0.25, 0.3) is 10.2 Å². The Morgan fingerprint density at radius 1 is 1.08 bits per heavy atom. The minimum Gasteiger partial charge on any atom is -0.378 e. The highest BCUT2D eigenvalue weighted by Crippen LogP contribution is 2.31. The van der Waals surface area contributed by atoms with Gasteiger partial charge < -0.3 is 9.64 Å². The van der Waals surface area contributed by atoms with E-state index in [1.165, 1.54) is 11.3 Å². The Balaban J connectivity index is 0.000000798. The lowest BCUT2D eigenvalue weighted by atomic mass is 10.3. The van der Waals surface area contributed by atoms with Crippen LogP contribution in [-0.4, -0.2) is 42.6 Å². The van der Waals surface area contributed by atoms with Crippen molar-refractivity contribution in [3.63, 3.8) is 0 Å². The summed E-state index contributed by atoms with van der Waals surface area (Å²) in [6, 6.07) is 1.83. The van der Waals surface area contributed by atoms with Gasteiger partial charge >= 0.3 is 0 Å². The van der Waals surface area contributed by atoms with Gasteiger partial charge in [0.15, 0.2) is 12.1 Å². The summed E-state index contributed by atoms with van der Waals surface area (Å²) in [5.41, 5.74) is 0.857. The predicted octanol–water partition coefficient (Wildman–Crippen LogP) is 4.73. The van der Waals surface area contributed by atoms with Crippen molar-refractivity contribution in [2.24, 2.45) is 0 Å². The highest BCUT2D eigenvalue weighted by Gasteiger charge is 2.18. The first-order valence-electron chi connectivity index (χ1n) is 8.84. The van der Waals surface area contributed by atoms with Crippen LogP contribution in [0.4, 0.5) is 5.82 Å². The minimum atomic E-state index is 0.694. The van der Waals surface area contributed by atoms with Gasteiger partial charge in [-0.2, -0.15) is 0 Å². The number of aldehydes is 1. The molecule has 1 saturated heterocycles. The van der Waals surface area contributed by atoms with Crippen molar-refractivity contribution >= 4 is 33.7 Å². The molecule has 24 heavy (non-hydrogen) atoms. The topological polar surface area (TPSA) is 55.3 Å². The Hall–Kier alpha value is -1.53. The maximum absolute atomic E-state index is 10.9. The van der Waals surface area contributed by atoms with Crippen LogP contribution in [0.3, 0.4) is 0 Å². The van der Waals surface area contributed by atoms with E-state index in [0.29, 0.717) is 4.88 Å². The van der Waals surface area contributed by atoms with Crippen LogP contribution in [0.15, 0.2) is 6.07 Å². The summed E-state index contributed by atoms with van der Waals surface area (Å²) in [5, 5.41) is 0. The molecule has 136 valence electrons. The zero-order valence-electron chi connectivity index (χ0n) is 16.0. The summed E-state index contributed by atoms with van der Waals surface area (Å²) < 4.78 is 6.34. The zero-order valence-corrected chi connectivity index (χ0v) is 16.9. The fourth-order valence-electron chi connectivity index (χ4n) is 2.09. The summed E-state index contributed by atoms with van der Waals surface area (Å²) in [6.07, 6.45) is 0.866. The Morgan fingerprint density at radius 2 is 1.67 bits per heavy atom. The molecule has 5 nitrogen and oxygen atoms in total. The highest BCUT2D eigenvalue weighted by molar-refractivity contribution is 7.21. The summed E-state index contributed by atoms with van der Waals surface area (Å²) in [6.45, 7) is 17.0. The van der Waals surface area contributed by atoms with Crippen molar-refractivity contribution in [3.8, 4) is 0 Å². The van der Waals surface area contributed by atoms with Crippen molar-refractivity contribution in [1.82, 2.24) is 9.97 Å². The average molecular weight is 354 g/mol. The number of nitrogens with zero attached hydrogens (tertiary/aromatic N) is 3. The second-order valence-corrected chi connectivity index (χ2v) is 5.26. The van der Waals surface area contributed by atoms with E-state index < -0.39 is 0 Å². The monoisotopic (exact) mass is 353 g/mol. The predicted molar refractivity (Wildman–Crippen MR) is 105 cm³/mol. The number of aryl methyl sites for hydroxylation is 1. The average Bonchev–Trinajstić information content (AvgIpc) is 3.09. The van der Waals surface area contributed by atoms with E-state index in [4.69, 9.17) is 4.74 Å². The van der Waals surface area contributed by atoms with Gasteiger partial charge in [-0.05, 0) is 13.0 Å². The Kier molecular flexibility index (Phi) is 12.0. The van der Waals surface area contributed by atoms with Gasteiger partial charge in [-0.3, -0.25) is 4.79 Å². The van der Waals surface area contributed by atoms with Gasteiger partial charge in [0.05, 0.1) is 28.3 Å². The van der Waals surface area contributed by atoms with Crippen LogP contribution in [0.2, 0.25) is 0 Å². The van der Waals surface area contributed by atoms with Crippen LogP contribution in [0.1, 0.15) is 57.0 Å². The molecule has 1 aliphatic heterocycles. The standard InChI is InChI=1S/C12H13N3O2S.3C2H6/c1-8-13-10-6-9(7-16)18-11(10)12(14-8)15-2-4-17-5-3-15;3*1-2/h6-7H,2-5H2,1H3;3*1-2H3. The fraction of sp³-hybridized carbons (Fsp3) is 0.611. The van der Waals surface area contributed by atoms with Gasteiger partial charge in [-0.15, -0.1) is 11.3 Å². The molecule has 0 bridgehead atoms. The van der Waals surface area contributed by atoms with E-state index in [2.05, 4.69) is 14.9 Å². The molecule has 0 amide bonds. The lowest BCUT2D eigenvalue weighted by Crippen LogP contribution is -2.36. The van der Waals surface area contributed by atoms with Gasteiger partial charge in [0.1, 0.15) is 5.82 Å². The van der Waals surface area contributed by atoms with Crippen molar-refractivity contribution in [1.29, 1.82) is 0 Å². The smallest absolute Gasteiger partial charge is 0.160 e. The highest BCUT2D eigenvalue weighted by atomic mass is 32.1. The summed E-state index contributed by atoms with van der Waals surface area (Å²) in [5.74, 6) is 1.66. The SMILES string of the molecule is CC.CC.CC.Cc1nc(N2CCOCC2)c2sc(C=O)cc2n1. The number of carbonyl (C=O) groups is 1. The zero-order chi connectivity index (χ0) is 18.5. The molecule has 0 saturated carbocycles. The second-order valence-electron chi connectivity index (χ2n) is 4.17. The number of rotatable bonds is 2. The molecule has 0 aromatic carbocycles. The van der Waals surface area contributed by atoms with Crippen LogP contribution in [0.5, 0.6) is 0 Å². The van der Waals surface area contributed by atoms with E-state index in [1.807, 2.05) is 54.5 Å². The largest absolute Gasteiger partial charge is 0.378 e. The first-order chi connectivity index (χ1) is 11.8. The van der Waals surface area contributed by atoms with Crippen LogP contribution < -0.4 is 4.90 Å². The third kappa shape index (κ3) is 5.83. The molecule has 1 aliphatic rings. The molecular formula is C18H31N3O2S. The quantitative estimate of drug-likeness (QED) is 0.731. The van der Waals surface area contributed by atoms with E-state index >= 15 is 0 Å². The van der Waals surface area contributed by atoms with Gasteiger partial charge in [0, 0.05) is 13.1 Å². The molecule has 0 unspecified atom stereocenters. The lowest BCUT2D eigenvalue weighted by Gasteiger charge is -2.28. The molecular weight excluding hydrogens is 322 g/mol. The van der Waals surface area contributed by atoms with Crippen LogP contribution in [-0.2, 0) is 4.74 Å². The number of morpholine rings is 1.